The number of rotatable bonds is 3. The summed E-state index contributed by atoms with van der Waals surface area (Å²) in [6.07, 6.45) is 9.77. The molecule has 0 radical (unpaired) electrons. The van der Waals surface area contributed by atoms with Crippen LogP contribution in [0, 0.1) is 5.41 Å². The molecule has 1 heterocycles. The van der Waals surface area contributed by atoms with E-state index in [4.69, 9.17) is 0 Å². The number of hydrogen-bond donors (Lipinski definition) is 1. The summed E-state index contributed by atoms with van der Waals surface area (Å²) in [5.74, 6) is 0. The lowest BCUT2D eigenvalue weighted by Gasteiger charge is -2.40. The summed E-state index contributed by atoms with van der Waals surface area (Å²) < 4.78 is 0. The van der Waals surface area contributed by atoms with Crippen LogP contribution in [-0.4, -0.2) is 37.1 Å². The van der Waals surface area contributed by atoms with Crippen molar-refractivity contribution in [3.63, 3.8) is 0 Å². The lowest BCUT2D eigenvalue weighted by atomic mass is 9.75. The molecule has 1 aliphatic heterocycles. The molecule has 100 valence electrons. The number of nitrogens with zero attached hydrogens (tertiary/aromatic N) is 1. The SMILES string of the molecule is CN(CC1CCCCN1)C1CCC(C)(C)CC1. The van der Waals surface area contributed by atoms with Crippen LogP contribution in [0.3, 0.4) is 0 Å². The maximum Gasteiger partial charge on any atom is 0.0195 e. The molecule has 1 aliphatic carbocycles. The Morgan fingerprint density at radius 2 is 1.82 bits per heavy atom. The molecule has 2 heteroatoms. The average molecular weight is 238 g/mol. The molecular weight excluding hydrogens is 208 g/mol. The fourth-order valence-electron chi connectivity index (χ4n) is 3.40. The molecule has 0 bridgehead atoms. The van der Waals surface area contributed by atoms with E-state index in [1.165, 1.54) is 58.0 Å². The molecule has 0 aromatic carbocycles. The van der Waals surface area contributed by atoms with Gasteiger partial charge >= 0.3 is 0 Å². The van der Waals surface area contributed by atoms with Gasteiger partial charge in [-0.2, -0.15) is 0 Å². The predicted octanol–water partition coefficient (Wildman–Crippen LogP) is 3.03. The molecule has 2 aliphatic rings. The van der Waals surface area contributed by atoms with E-state index in [9.17, 15) is 0 Å². The van der Waals surface area contributed by atoms with Gasteiger partial charge in [0.2, 0.25) is 0 Å². The van der Waals surface area contributed by atoms with Crippen LogP contribution in [0.25, 0.3) is 0 Å². The Labute approximate surface area is 107 Å². The molecule has 0 aromatic rings. The molecule has 1 N–H and O–H groups in total. The fraction of sp³-hybridized carbons (Fsp3) is 1.00. The third-order valence-corrected chi connectivity index (χ3v) is 4.85. The molecule has 1 saturated carbocycles. The molecule has 1 saturated heterocycles. The van der Waals surface area contributed by atoms with Crippen LogP contribution in [0.1, 0.15) is 58.8 Å². The average Bonchev–Trinajstić information content (AvgIpc) is 2.30. The van der Waals surface area contributed by atoms with Crippen molar-refractivity contribution >= 4 is 0 Å². The fourth-order valence-corrected chi connectivity index (χ4v) is 3.40. The molecule has 2 rings (SSSR count). The van der Waals surface area contributed by atoms with E-state index in [0.717, 1.165) is 12.1 Å². The van der Waals surface area contributed by atoms with Crippen molar-refractivity contribution < 1.29 is 0 Å². The van der Waals surface area contributed by atoms with Crippen molar-refractivity contribution in [1.29, 1.82) is 0 Å². The maximum absolute atomic E-state index is 3.66. The molecule has 0 spiro atoms. The lowest BCUT2D eigenvalue weighted by molar-refractivity contribution is 0.116. The summed E-state index contributed by atoms with van der Waals surface area (Å²) in [4.78, 5) is 2.62. The Bertz CT molecular complexity index is 221. The van der Waals surface area contributed by atoms with Gasteiger partial charge in [-0.05, 0) is 57.5 Å². The summed E-state index contributed by atoms with van der Waals surface area (Å²) in [6, 6.07) is 1.59. The van der Waals surface area contributed by atoms with E-state index in [1.54, 1.807) is 0 Å². The van der Waals surface area contributed by atoms with Crippen LogP contribution in [0.4, 0.5) is 0 Å². The highest BCUT2D eigenvalue weighted by molar-refractivity contribution is 4.85. The lowest BCUT2D eigenvalue weighted by Crippen LogP contribution is -2.46. The number of likely N-dealkylation sites (N-methyl/N-ethyl adjacent to an activating group) is 1. The van der Waals surface area contributed by atoms with Crippen LogP contribution < -0.4 is 5.32 Å². The van der Waals surface area contributed by atoms with E-state index in [2.05, 4.69) is 31.1 Å². The zero-order chi connectivity index (χ0) is 12.3. The molecule has 2 nitrogen and oxygen atoms in total. The molecule has 1 unspecified atom stereocenters. The van der Waals surface area contributed by atoms with Crippen molar-refractivity contribution in [2.24, 2.45) is 5.41 Å². The van der Waals surface area contributed by atoms with E-state index >= 15 is 0 Å². The van der Waals surface area contributed by atoms with Gasteiger partial charge < -0.3 is 10.2 Å². The minimum absolute atomic E-state index is 0.598. The second-order valence-corrected chi connectivity index (χ2v) is 6.98. The molecule has 1 atom stereocenters. The molecular formula is C15H30N2. The normalized spacial score (nSPS) is 30.7. The zero-order valence-corrected chi connectivity index (χ0v) is 12.0. The number of hydrogen-bond acceptors (Lipinski definition) is 2. The van der Waals surface area contributed by atoms with Crippen LogP contribution in [0.5, 0.6) is 0 Å². The highest BCUT2D eigenvalue weighted by Crippen LogP contribution is 2.36. The van der Waals surface area contributed by atoms with Gasteiger partial charge in [0.15, 0.2) is 0 Å². The summed E-state index contributed by atoms with van der Waals surface area (Å²) in [5, 5.41) is 3.66. The molecule has 17 heavy (non-hydrogen) atoms. The minimum atomic E-state index is 0.598. The van der Waals surface area contributed by atoms with Gasteiger partial charge in [0.25, 0.3) is 0 Å². The van der Waals surface area contributed by atoms with Gasteiger partial charge in [0.1, 0.15) is 0 Å². The van der Waals surface area contributed by atoms with Gasteiger partial charge in [0.05, 0.1) is 0 Å². The van der Waals surface area contributed by atoms with E-state index in [0.29, 0.717) is 5.41 Å². The van der Waals surface area contributed by atoms with Crippen LogP contribution in [0.15, 0.2) is 0 Å². The Balaban J connectivity index is 1.74. The zero-order valence-electron chi connectivity index (χ0n) is 12.0. The second-order valence-electron chi connectivity index (χ2n) is 6.98. The molecule has 2 fully saturated rings. The van der Waals surface area contributed by atoms with Crippen molar-refractivity contribution in [2.45, 2.75) is 70.9 Å². The van der Waals surface area contributed by atoms with Gasteiger partial charge in [0, 0.05) is 18.6 Å². The summed E-state index contributed by atoms with van der Waals surface area (Å²) in [7, 11) is 2.33. The first kappa shape index (κ1) is 13.4. The standard InChI is InChI=1S/C15H30N2/c1-15(2)9-7-14(8-10-15)17(3)12-13-6-4-5-11-16-13/h13-14,16H,4-12H2,1-3H3. The van der Waals surface area contributed by atoms with Crippen LogP contribution in [0.2, 0.25) is 0 Å². The number of piperidine rings is 1. The van der Waals surface area contributed by atoms with Gasteiger partial charge in [-0.1, -0.05) is 20.3 Å². The first-order valence-electron chi connectivity index (χ1n) is 7.50. The highest BCUT2D eigenvalue weighted by Gasteiger charge is 2.29. The maximum atomic E-state index is 3.66. The van der Waals surface area contributed by atoms with Gasteiger partial charge in [-0.15, -0.1) is 0 Å². The smallest absolute Gasteiger partial charge is 0.0195 e. The van der Waals surface area contributed by atoms with Crippen molar-refractivity contribution in [1.82, 2.24) is 10.2 Å². The van der Waals surface area contributed by atoms with Crippen molar-refractivity contribution in [2.75, 3.05) is 20.1 Å². The van der Waals surface area contributed by atoms with E-state index in [-0.39, 0.29) is 0 Å². The third kappa shape index (κ3) is 3.96. The largest absolute Gasteiger partial charge is 0.313 e. The Kier molecular flexibility index (Phi) is 4.48. The third-order valence-electron chi connectivity index (χ3n) is 4.85. The van der Waals surface area contributed by atoms with E-state index in [1.807, 2.05) is 0 Å². The van der Waals surface area contributed by atoms with Gasteiger partial charge in [-0.25, -0.2) is 0 Å². The predicted molar refractivity (Wildman–Crippen MR) is 74.3 cm³/mol. The van der Waals surface area contributed by atoms with Crippen LogP contribution >= 0.6 is 0 Å². The topological polar surface area (TPSA) is 15.3 Å². The number of nitrogens with one attached hydrogen (secondary N) is 1. The Hall–Kier alpha value is -0.0800. The first-order chi connectivity index (χ1) is 8.07. The summed E-state index contributed by atoms with van der Waals surface area (Å²) in [5.41, 5.74) is 0.598. The highest BCUT2D eigenvalue weighted by atomic mass is 15.2. The first-order valence-corrected chi connectivity index (χ1v) is 7.50. The van der Waals surface area contributed by atoms with Crippen molar-refractivity contribution in [3.8, 4) is 0 Å². The Morgan fingerprint density at radius 1 is 1.12 bits per heavy atom. The monoisotopic (exact) mass is 238 g/mol. The van der Waals surface area contributed by atoms with Crippen molar-refractivity contribution in [3.05, 3.63) is 0 Å². The minimum Gasteiger partial charge on any atom is -0.313 e. The molecule has 0 aromatic heterocycles. The second kappa shape index (κ2) is 5.71. The Morgan fingerprint density at radius 3 is 2.41 bits per heavy atom. The summed E-state index contributed by atoms with van der Waals surface area (Å²) >= 11 is 0. The molecule has 0 amide bonds. The summed E-state index contributed by atoms with van der Waals surface area (Å²) in [6.45, 7) is 7.33. The van der Waals surface area contributed by atoms with Gasteiger partial charge in [-0.3, -0.25) is 0 Å². The van der Waals surface area contributed by atoms with Crippen LogP contribution in [-0.2, 0) is 0 Å². The quantitative estimate of drug-likeness (QED) is 0.813. The van der Waals surface area contributed by atoms with E-state index < -0.39 is 0 Å².